The first-order chi connectivity index (χ1) is 8.33. The average Bonchev–Trinajstić information content (AvgIpc) is 3.08. The van der Waals surface area contributed by atoms with Gasteiger partial charge in [0.05, 0.1) is 0 Å². The van der Waals surface area contributed by atoms with Crippen molar-refractivity contribution in [2.24, 2.45) is 0 Å². The van der Waals surface area contributed by atoms with Crippen LogP contribution in [0.1, 0.15) is 47.8 Å². The van der Waals surface area contributed by atoms with Crippen molar-refractivity contribution in [2.45, 2.75) is 37.6 Å². The van der Waals surface area contributed by atoms with E-state index >= 15 is 0 Å². The zero-order valence-electron chi connectivity index (χ0n) is 9.83. The van der Waals surface area contributed by atoms with Crippen LogP contribution in [-0.4, -0.2) is 35.2 Å². The Bertz CT molecular complexity index is 404. The van der Waals surface area contributed by atoms with Crippen LogP contribution in [0.2, 0.25) is 0 Å². The quantitative estimate of drug-likeness (QED) is 0.723. The molecule has 0 aromatic carbocycles. The summed E-state index contributed by atoms with van der Waals surface area (Å²) in [4.78, 5) is 12.0. The van der Waals surface area contributed by atoms with Gasteiger partial charge in [0.25, 0.3) is 5.91 Å². The van der Waals surface area contributed by atoms with E-state index in [-0.39, 0.29) is 5.91 Å². The minimum Gasteiger partial charge on any atom is -0.348 e. The number of nitrogens with one attached hydrogen (secondary N) is 3. The van der Waals surface area contributed by atoms with Crippen LogP contribution in [-0.2, 0) is 0 Å². The van der Waals surface area contributed by atoms with Crippen molar-refractivity contribution < 1.29 is 4.79 Å². The molecule has 3 rings (SSSR count). The maximum Gasteiger partial charge on any atom is 0.271 e. The van der Waals surface area contributed by atoms with Crippen LogP contribution in [0, 0.1) is 0 Å². The van der Waals surface area contributed by atoms with Gasteiger partial charge in [-0.05, 0) is 44.8 Å². The van der Waals surface area contributed by atoms with Crippen LogP contribution in [0.5, 0.6) is 0 Å². The summed E-state index contributed by atoms with van der Waals surface area (Å²) in [6.45, 7) is 1.97. The molecule has 0 spiro atoms. The topological polar surface area (TPSA) is 69.8 Å². The van der Waals surface area contributed by atoms with Crippen molar-refractivity contribution in [2.75, 3.05) is 13.1 Å². The summed E-state index contributed by atoms with van der Waals surface area (Å²) < 4.78 is 0. The first kappa shape index (κ1) is 10.8. The third-order valence-corrected chi connectivity index (χ3v) is 3.52. The minimum absolute atomic E-state index is 0.0416. The van der Waals surface area contributed by atoms with Gasteiger partial charge in [-0.15, -0.1) is 0 Å². The van der Waals surface area contributed by atoms with Crippen LogP contribution >= 0.6 is 0 Å². The molecular weight excluding hydrogens is 216 g/mol. The molecule has 17 heavy (non-hydrogen) atoms. The molecule has 0 atom stereocenters. The van der Waals surface area contributed by atoms with Gasteiger partial charge in [-0.25, -0.2) is 0 Å². The van der Waals surface area contributed by atoms with Crippen molar-refractivity contribution in [1.29, 1.82) is 0 Å². The number of aromatic amines is 1. The molecule has 2 fully saturated rings. The predicted molar refractivity (Wildman–Crippen MR) is 63.9 cm³/mol. The molecule has 1 aliphatic heterocycles. The molecule has 3 N–H and O–H groups in total. The van der Waals surface area contributed by atoms with Crippen molar-refractivity contribution in [1.82, 2.24) is 20.8 Å². The van der Waals surface area contributed by atoms with E-state index in [9.17, 15) is 4.79 Å². The number of piperidine rings is 1. The largest absolute Gasteiger partial charge is 0.348 e. The Morgan fingerprint density at radius 1 is 1.29 bits per heavy atom. The number of hydrogen-bond acceptors (Lipinski definition) is 3. The third-order valence-electron chi connectivity index (χ3n) is 3.52. The molecule has 5 heteroatoms. The Morgan fingerprint density at radius 2 is 2.06 bits per heavy atom. The lowest BCUT2D eigenvalue weighted by Crippen LogP contribution is -2.42. The molecule has 0 bridgehead atoms. The highest BCUT2D eigenvalue weighted by molar-refractivity contribution is 5.92. The van der Waals surface area contributed by atoms with Gasteiger partial charge in [-0.2, -0.15) is 5.10 Å². The molecule has 1 saturated heterocycles. The van der Waals surface area contributed by atoms with Gasteiger partial charge in [0.15, 0.2) is 0 Å². The summed E-state index contributed by atoms with van der Waals surface area (Å²) in [7, 11) is 0. The molecule has 1 saturated carbocycles. The fourth-order valence-electron chi connectivity index (χ4n) is 2.28. The van der Waals surface area contributed by atoms with Crippen LogP contribution in [0.3, 0.4) is 0 Å². The highest BCUT2D eigenvalue weighted by Gasteiger charge is 2.27. The maximum absolute atomic E-state index is 12.0. The summed E-state index contributed by atoms with van der Waals surface area (Å²) >= 11 is 0. The Kier molecular flexibility index (Phi) is 2.84. The smallest absolute Gasteiger partial charge is 0.271 e. The van der Waals surface area contributed by atoms with Crippen molar-refractivity contribution in [3.63, 3.8) is 0 Å². The number of carbonyl (C=O) groups excluding carboxylic acids is 1. The lowest BCUT2D eigenvalue weighted by atomic mass is 10.1. The molecule has 0 radical (unpaired) electrons. The molecule has 1 aromatic heterocycles. The summed E-state index contributed by atoms with van der Waals surface area (Å²) in [6, 6.07) is 2.19. The third kappa shape index (κ3) is 2.49. The van der Waals surface area contributed by atoms with Gasteiger partial charge in [0.1, 0.15) is 5.69 Å². The molecule has 1 aliphatic carbocycles. The number of aromatic nitrogens is 2. The fraction of sp³-hybridized carbons (Fsp3) is 0.667. The molecule has 5 nitrogen and oxygen atoms in total. The Morgan fingerprint density at radius 3 is 2.76 bits per heavy atom. The molecule has 92 valence electrons. The standard InChI is InChI=1S/C12H18N4O/c17-12(14-9-3-5-13-6-4-9)11-7-10(15-16-11)8-1-2-8/h7-9,13H,1-6H2,(H,14,17)(H,15,16). The van der Waals surface area contributed by atoms with E-state index in [2.05, 4.69) is 20.8 Å². The lowest BCUT2D eigenvalue weighted by molar-refractivity contribution is 0.0924. The van der Waals surface area contributed by atoms with E-state index in [1.54, 1.807) is 0 Å². The van der Waals surface area contributed by atoms with Gasteiger partial charge >= 0.3 is 0 Å². The monoisotopic (exact) mass is 234 g/mol. The van der Waals surface area contributed by atoms with E-state index < -0.39 is 0 Å². The number of rotatable bonds is 3. The molecule has 2 heterocycles. The number of carbonyl (C=O) groups is 1. The van der Waals surface area contributed by atoms with Crippen molar-refractivity contribution >= 4 is 5.91 Å². The van der Waals surface area contributed by atoms with Crippen LogP contribution in [0.25, 0.3) is 0 Å². The maximum atomic E-state index is 12.0. The normalized spacial score (nSPS) is 21.4. The molecular formula is C12H18N4O. The van der Waals surface area contributed by atoms with E-state index in [1.807, 2.05) is 6.07 Å². The Balaban J connectivity index is 1.59. The second-order valence-electron chi connectivity index (χ2n) is 4.98. The van der Waals surface area contributed by atoms with E-state index in [4.69, 9.17) is 0 Å². The number of amides is 1. The van der Waals surface area contributed by atoms with Gasteiger partial charge in [-0.1, -0.05) is 0 Å². The summed E-state index contributed by atoms with van der Waals surface area (Å²) in [5, 5.41) is 13.4. The second-order valence-corrected chi connectivity index (χ2v) is 4.98. The van der Waals surface area contributed by atoms with E-state index in [1.165, 1.54) is 12.8 Å². The summed E-state index contributed by atoms with van der Waals surface area (Å²) in [6.07, 6.45) is 4.45. The molecule has 2 aliphatic rings. The van der Waals surface area contributed by atoms with Crippen molar-refractivity contribution in [3.05, 3.63) is 17.5 Å². The summed E-state index contributed by atoms with van der Waals surface area (Å²) in [5.74, 6) is 0.572. The zero-order valence-corrected chi connectivity index (χ0v) is 9.83. The lowest BCUT2D eigenvalue weighted by Gasteiger charge is -2.23. The number of hydrogen-bond donors (Lipinski definition) is 3. The number of nitrogens with zero attached hydrogens (tertiary/aromatic N) is 1. The molecule has 0 unspecified atom stereocenters. The van der Waals surface area contributed by atoms with Gasteiger partial charge in [0, 0.05) is 17.7 Å². The van der Waals surface area contributed by atoms with Gasteiger partial charge in [0.2, 0.25) is 0 Å². The van der Waals surface area contributed by atoms with Gasteiger partial charge < -0.3 is 10.6 Å². The Labute approximate surface area is 100 Å². The number of H-pyrrole nitrogens is 1. The highest BCUT2D eigenvalue weighted by atomic mass is 16.2. The highest BCUT2D eigenvalue weighted by Crippen LogP contribution is 2.38. The SMILES string of the molecule is O=C(NC1CCNCC1)c1cc(C2CC2)[nH]n1. The minimum atomic E-state index is -0.0416. The predicted octanol–water partition coefficient (Wildman–Crippen LogP) is 0.769. The first-order valence-corrected chi connectivity index (χ1v) is 6.40. The fourth-order valence-corrected chi connectivity index (χ4v) is 2.28. The van der Waals surface area contributed by atoms with Crippen LogP contribution < -0.4 is 10.6 Å². The van der Waals surface area contributed by atoms with E-state index in [0.29, 0.717) is 17.7 Å². The molecule has 1 amide bonds. The van der Waals surface area contributed by atoms with Gasteiger partial charge in [-0.3, -0.25) is 9.89 Å². The van der Waals surface area contributed by atoms with E-state index in [0.717, 1.165) is 31.6 Å². The van der Waals surface area contributed by atoms with Crippen LogP contribution in [0.4, 0.5) is 0 Å². The zero-order chi connectivity index (χ0) is 11.7. The van der Waals surface area contributed by atoms with Crippen molar-refractivity contribution in [3.8, 4) is 0 Å². The Hall–Kier alpha value is -1.36. The average molecular weight is 234 g/mol. The first-order valence-electron chi connectivity index (χ1n) is 6.40. The molecule has 1 aromatic rings. The second kappa shape index (κ2) is 4.49. The summed E-state index contributed by atoms with van der Waals surface area (Å²) in [5.41, 5.74) is 1.64. The van der Waals surface area contributed by atoms with Crippen LogP contribution in [0.15, 0.2) is 6.07 Å².